The second-order valence-electron chi connectivity index (χ2n) is 9.89. The molecule has 8 rings (SSSR count). The standard InChI is InChI=1S/C33H23NO/c1-20-10-14-26-27-18-28-30(19-32(27)35-31(26)16-20)34(24-13-11-21-6-2-3-8-23(21)17-24)29-15-12-22-7-4-5-9-25(22)33(28)29/h2-15,17-20H,16H2,1H3. The van der Waals surface area contributed by atoms with E-state index in [9.17, 15) is 0 Å². The van der Waals surface area contributed by atoms with Crippen LogP contribution in [0.5, 0.6) is 0 Å². The number of rotatable bonds is 1. The maximum Gasteiger partial charge on any atom is 0.137 e. The lowest BCUT2D eigenvalue weighted by Gasteiger charge is -2.10. The zero-order chi connectivity index (χ0) is 23.1. The summed E-state index contributed by atoms with van der Waals surface area (Å²) < 4.78 is 8.85. The third-order valence-corrected chi connectivity index (χ3v) is 7.67. The lowest BCUT2D eigenvalue weighted by Crippen LogP contribution is -2.00. The van der Waals surface area contributed by atoms with Crippen LogP contribution in [-0.2, 0) is 6.42 Å². The lowest BCUT2D eigenvalue weighted by atomic mass is 9.95. The van der Waals surface area contributed by atoms with Gasteiger partial charge in [-0.05, 0) is 51.7 Å². The van der Waals surface area contributed by atoms with Gasteiger partial charge in [0.05, 0.1) is 11.0 Å². The van der Waals surface area contributed by atoms with Gasteiger partial charge in [0, 0.05) is 39.9 Å². The molecule has 1 unspecified atom stereocenters. The molecule has 5 aromatic carbocycles. The highest BCUT2D eigenvalue weighted by Crippen LogP contribution is 2.41. The van der Waals surface area contributed by atoms with Gasteiger partial charge in [-0.15, -0.1) is 0 Å². The Morgan fingerprint density at radius 1 is 0.714 bits per heavy atom. The number of fused-ring (bicyclic) bond motifs is 9. The van der Waals surface area contributed by atoms with Gasteiger partial charge in [-0.25, -0.2) is 0 Å². The molecule has 1 atom stereocenters. The molecular formula is C33H23NO. The van der Waals surface area contributed by atoms with Gasteiger partial charge in [0.15, 0.2) is 0 Å². The Balaban J connectivity index is 1.55. The smallest absolute Gasteiger partial charge is 0.137 e. The highest BCUT2D eigenvalue weighted by Gasteiger charge is 2.22. The molecule has 2 nitrogen and oxygen atoms in total. The molecule has 0 saturated carbocycles. The molecule has 0 aliphatic heterocycles. The minimum Gasteiger partial charge on any atom is -0.460 e. The number of benzene rings is 5. The summed E-state index contributed by atoms with van der Waals surface area (Å²) >= 11 is 0. The quantitative estimate of drug-likeness (QED) is 0.244. The number of aromatic nitrogens is 1. The van der Waals surface area contributed by atoms with E-state index < -0.39 is 0 Å². The van der Waals surface area contributed by atoms with Crippen LogP contribution in [0.3, 0.4) is 0 Å². The summed E-state index contributed by atoms with van der Waals surface area (Å²) in [4.78, 5) is 0. The van der Waals surface area contributed by atoms with Crippen molar-refractivity contribution >= 4 is 60.4 Å². The summed E-state index contributed by atoms with van der Waals surface area (Å²) in [5.74, 6) is 1.61. The van der Waals surface area contributed by atoms with Gasteiger partial charge in [-0.3, -0.25) is 0 Å². The molecule has 2 heterocycles. The molecule has 2 aromatic heterocycles. The fourth-order valence-electron chi connectivity index (χ4n) is 6.00. The van der Waals surface area contributed by atoms with Crippen molar-refractivity contribution in [2.75, 3.05) is 0 Å². The summed E-state index contributed by atoms with van der Waals surface area (Å²) in [6.07, 6.45) is 5.51. The van der Waals surface area contributed by atoms with Gasteiger partial charge >= 0.3 is 0 Å². The number of hydrogen-bond acceptors (Lipinski definition) is 1. The van der Waals surface area contributed by atoms with Crippen LogP contribution in [0.1, 0.15) is 18.2 Å². The molecule has 0 spiro atoms. The molecule has 0 bridgehead atoms. The van der Waals surface area contributed by atoms with Crippen molar-refractivity contribution in [3.05, 3.63) is 108 Å². The van der Waals surface area contributed by atoms with Crippen molar-refractivity contribution in [3.63, 3.8) is 0 Å². The van der Waals surface area contributed by atoms with E-state index in [1.807, 2.05) is 0 Å². The van der Waals surface area contributed by atoms with Crippen LogP contribution in [0, 0.1) is 5.92 Å². The van der Waals surface area contributed by atoms with Crippen LogP contribution in [0.15, 0.2) is 101 Å². The van der Waals surface area contributed by atoms with Gasteiger partial charge in [-0.2, -0.15) is 0 Å². The molecule has 7 aromatic rings. The van der Waals surface area contributed by atoms with Crippen molar-refractivity contribution in [1.29, 1.82) is 0 Å². The Hall–Kier alpha value is -4.30. The van der Waals surface area contributed by atoms with Gasteiger partial charge in [-0.1, -0.05) is 79.7 Å². The minimum absolute atomic E-state index is 0.508. The van der Waals surface area contributed by atoms with Crippen molar-refractivity contribution < 1.29 is 4.42 Å². The van der Waals surface area contributed by atoms with E-state index in [0.29, 0.717) is 5.92 Å². The third kappa shape index (κ3) is 2.65. The highest BCUT2D eigenvalue weighted by molar-refractivity contribution is 6.23. The predicted octanol–water partition coefficient (Wildman–Crippen LogP) is 9.04. The summed E-state index contributed by atoms with van der Waals surface area (Å²) in [5, 5.41) is 8.83. The van der Waals surface area contributed by atoms with E-state index in [4.69, 9.17) is 4.42 Å². The third-order valence-electron chi connectivity index (χ3n) is 7.67. The van der Waals surface area contributed by atoms with E-state index in [2.05, 4.69) is 115 Å². The summed E-state index contributed by atoms with van der Waals surface area (Å²) in [7, 11) is 0. The lowest BCUT2D eigenvalue weighted by molar-refractivity contribution is 0.513. The SMILES string of the molecule is CC1C=Cc2c(oc3cc4c(cc23)c2c3ccccc3ccc2n4-c2ccc3ccccc3c2)C1. The monoisotopic (exact) mass is 449 g/mol. The summed E-state index contributed by atoms with van der Waals surface area (Å²) in [6, 6.07) is 33.2. The average molecular weight is 450 g/mol. The van der Waals surface area contributed by atoms with E-state index in [0.717, 1.165) is 17.8 Å². The van der Waals surface area contributed by atoms with Crippen LogP contribution < -0.4 is 0 Å². The first-order valence-corrected chi connectivity index (χ1v) is 12.3. The van der Waals surface area contributed by atoms with E-state index in [1.54, 1.807) is 0 Å². The van der Waals surface area contributed by atoms with Crippen LogP contribution in [0.25, 0.3) is 66.1 Å². The molecule has 35 heavy (non-hydrogen) atoms. The fourth-order valence-corrected chi connectivity index (χ4v) is 6.00. The Bertz CT molecular complexity index is 2000. The molecule has 0 amide bonds. The van der Waals surface area contributed by atoms with Crippen LogP contribution in [0.4, 0.5) is 0 Å². The van der Waals surface area contributed by atoms with Crippen molar-refractivity contribution in [1.82, 2.24) is 4.57 Å². The molecule has 0 saturated heterocycles. The fraction of sp³-hybridized carbons (Fsp3) is 0.0909. The van der Waals surface area contributed by atoms with E-state index >= 15 is 0 Å². The van der Waals surface area contributed by atoms with Crippen molar-refractivity contribution in [2.24, 2.45) is 5.92 Å². The van der Waals surface area contributed by atoms with Gasteiger partial charge < -0.3 is 8.98 Å². The Kier molecular flexibility index (Phi) is 3.74. The summed E-state index contributed by atoms with van der Waals surface area (Å²) in [5.41, 5.74) is 5.78. The number of allylic oxidation sites excluding steroid dienone is 1. The number of nitrogens with zero attached hydrogens (tertiary/aromatic N) is 1. The molecule has 2 heteroatoms. The Morgan fingerprint density at radius 2 is 1.51 bits per heavy atom. The number of furan rings is 1. The zero-order valence-corrected chi connectivity index (χ0v) is 19.5. The largest absolute Gasteiger partial charge is 0.460 e. The van der Waals surface area contributed by atoms with Crippen LogP contribution in [0.2, 0.25) is 0 Å². The van der Waals surface area contributed by atoms with Gasteiger partial charge in [0.2, 0.25) is 0 Å². The molecule has 0 N–H and O–H groups in total. The second-order valence-corrected chi connectivity index (χ2v) is 9.89. The molecule has 1 aliphatic rings. The first-order valence-electron chi connectivity index (χ1n) is 12.3. The van der Waals surface area contributed by atoms with Crippen LogP contribution >= 0.6 is 0 Å². The highest BCUT2D eigenvalue weighted by atomic mass is 16.3. The molecule has 0 fully saturated rings. The normalized spacial score (nSPS) is 15.6. The average Bonchev–Trinajstić information content (AvgIpc) is 3.41. The van der Waals surface area contributed by atoms with Gasteiger partial charge in [0.1, 0.15) is 11.3 Å². The maximum atomic E-state index is 6.45. The van der Waals surface area contributed by atoms with Crippen LogP contribution in [-0.4, -0.2) is 4.57 Å². The first kappa shape index (κ1) is 19.1. The summed E-state index contributed by atoms with van der Waals surface area (Å²) in [6.45, 7) is 2.25. The molecule has 1 aliphatic carbocycles. The molecule has 0 radical (unpaired) electrons. The molecule has 166 valence electrons. The number of hydrogen-bond donors (Lipinski definition) is 0. The minimum atomic E-state index is 0.508. The maximum absolute atomic E-state index is 6.45. The van der Waals surface area contributed by atoms with E-state index in [-0.39, 0.29) is 0 Å². The Labute approximate surface area is 202 Å². The van der Waals surface area contributed by atoms with Crippen molar-refractivity contribution in [3.8, 4) is 5.69 Å². The predicted molar refractivity (Wildman–Crippen MR) is 147 cm³/mol. The zero-order valence-electron chi connectivity index (χ0n) is 19.5. The topological polar surface area (TPSA) is 18.1 Å². The van der Waals surface area contributed by atoms with E-state index in [1.165, 1.54) is 60.0 Å². The van der Waals surface area contributed by atoms with Gasteiger partial charge in [0.25, 0.3) is 0 Å². The Morgan fingerprint density at radius 3 is 2.43 bits per heavy atom. The first-order chi connectivity index (χ1) is 17.2. The molecular weight excluding hydrogens is 426 g/mol. The second kappa shape index (κ2) is 6.86. The van der Waals surface area contributed by atoms with Crippen molar-refractivity contribution in [2.45, 2.75) is 13.3 Å².